The molecule has 0 saturated carbocycles. The van der Waals surface area contributed by atoms with Crippen LogP contribution in [0.3, 0.4) is 0 Å². The van der Waals surface area contributed by atoms with E-state index in [0.29, 0.717) is 25.7 Å². The maximum absolute atomic E-state index is 13.0. The van der Waals surface area contributed by atoms with Crippen molar-refractivity contribution in [1.29, 1.82) is 0 Å². The Labute approximate surface area is 569 Å². The van der Waals surface area contributed by atoms with Crippen LogP contribution in [0.4, 0.5) is 0 Å². The molecule has 94 heavy (non-hydrogen) atoms. The number of ether oxygens (including phenoxy) is 4. The average Bonchev–Trinajstić information content (AvgIpc) is 1.36. The standard InChI is InChI=1S/C75H130O17P2/c1-5-9-13-17-21-25-29-32-34-37-41-44-48-52-56-60-73(78)86-66-71(92-75(80)62-58-54-50-46-42-38-35-33-30-26-22-18-14-10-6-2)68-90-94(83,84)88-64-69(76)63-87-93(81,82)89-67-70(91-74(79)61-57-53-49-45-39-28-24-20-16-12-8-4)65-85-72(77)59-55-51-47-43-40-36-31-27-23-19-15-11-7-3/h9,13,20-22,24-26,32-35,41,44,52,56,69-71,76H,5-8,10-12,14-19,23,27-31,36-40,42-43,45-51,53-55,57-68H2,1-4H3,(H,81,82)(H,83,84)/b13-9-,24-20-,25-21-,26-22-,34-32-,35-33-,44-41-,56-52-. The molecule has 0 heterocycles. The molecule has 0 aliphatic rings. The Balaban J connectivity index is 5.40. The van der Waals surface area contributed by atoms with Crippen LogP contribution in [-0.2, 0) is 65.4 Å². The molecule has 0 aliphatic heterocycles. The van der Waals surface area contributed by atoms with Gasteiger partial charge in [-0.25, -0.2) is 9.13 Å². The van der Waals surface area contributed by atoms with E-state index < -0.39 is 97.5 Å². The van der Waals surface area contributed by atoms with Crippen LogP contribution in [0.25, 0.3) is 0 Å². The number of aliphatic hydroxyl groups is 1. The Kier molecular flexibility index (Phi) is 64.7. The minimum atomic E-state index is -4.99. The first-order valence-corrected chi connectivity index (χ1v) is 39.5. The van der Waals surface area contributed by atoms with Gasteiger partial charge in [0.1, 0.15) is 19.3 Å². The van der Waals surface area contributed by atoms with E-state index in [4.69, 9.17) is 37.0 Å². The highest BCUT2D eigenvalue weighted by atomic mass is 31.2. The van der Waals surface area contributed by atoms with Gasteiger partial charge in [-0.15, -0.1) is 0 Å². The van der Waals surface area contributed by atoms with E-state index in [1.54, 1.807) is 6.08 Å². The van der Waals surface area contributed by atoms with Crippen LogP contribution in [0.15, 0.2) is 97.2 Å². The van der Waals surface area contributed by atoms with Crippen molar-refractivity contribution in [3.05, 3.63) is 97.2 Å². The first-order chi connectivity index (χ1) is 45.7. The second kappa shape index (κ2) is 67.5. The van der Waals surface area contributed by atoms with Gasteiger partial charge < -0.3 is 33.8 Å². The highest BCUT2D eigenvalue weighted by Gasteiger charge is 2.30. The summed E-state index contributed by atoms with van der Waals surface area (Å²) in [5, 5.41) is 10.6. The molecular weight excluding hydrogens is 1230 g/mol. The van der Waals surface area contributed by atoms with Crippen molar-refractivity contribution in [2.75, 3.05) is 39.6 Å². The van der Waals surface area contributed by atoms with Gasteiger partial charge in [-0.05, 0) is 103 Å². The van der Waals surface area contributed by atoms with Crippen molar-refractivity contribution in [2.24, 2.45) is 0 Å². The summed E-state index contributed by atoms with van der Waals surface area (Å²) in [6.07, 6.45) is 68.7. The van der Waals surface area contributed by atoms with Gasteiger partial charge in [0.05, 0.1) is 32.8 Å². The van der Waals surface area contributed by atoms with Crippen LogP contribution in [0.2, 0.25) is 0 Å². The van der Waals surface area contributed by atoms with Crippen LogP contribution in [0, 0.1) is 0 Å². The van der Waals surface area contributed by atoms with Crippen molar-refractivity contribution in [3.8, 4) is 0 Å². The first-order valence-electron chi connectivity index (χ1n) is 36.5. The molecular formula is C75H130O17P2. The zero-order valence-electron chi connectivity index (χ0n) is 58.9. The Morgan fingerprint density at radius 3 is 1.01 bits per heavy atom. The summed E-state index contributed by atoms with van der Waals surface area (Å²) in [5.41, 5.74) is 0. The Hall–Kier alpha value is -4.02. The van der Waals surface area contributed by atoms with Gasteiger partial charge in [0.2, 0.25) is 0 Å². The zero-order chi connectivity index (χ0) is 69.0. The number of allylic oxidation sites excluding steroid dienone is 15. The summed E-state index contributed by atoms with van der Waals surface area (Å²) < 4.78 is 68.2. The van der Waals surface area contributed by atoms with E-state index in [1.165, 1.54) is 89.9 Å². The topological polar surface area (TPSA) is 237 Å². The number of aliphatic hydroxyl groups excluding tert-OH is 1. The van der Waals surface area contributed by atoms with Crippen molar-refractivity contribution in [2.45, 2.75) is 316 Å². The lowest BCUT2D eigenvalue weighted by Crippen LogP contribution is -2.30. The van der Waals surface area contributed by atoms with E-state index in [2.05, 4.69) is 101 Å². The number of rotatable bonds is 68. The summed E-state index contributed by atoms with van der Waals surface area (Å²) in [6, 6.07) is 0. The molecule has 17 nitrogen and oxygen atoms in total. The van der Waals surface area contributed by atoms with Crippen molar-refractivity contribution in [3.63, 3.8) is 0 Å². The van der Waals surface area contributed by atoms with Crippen LogP contribution < -0.4 is 0 Å². The maximum atomic E-state index is 13.0. The molecule has 0 aromatic rings. The minimum absolute atomic E-state index is 0.0593. The largest absolute Gasteiger partial charge is 0.472 e. The van der Waals surface area contributed by atoms with Gasteiger partial charge in [-0.3, -0.25) is 37.3 Å². The SMILES string of the molecule is CC/C=C\C/C=C\C/C=C\C/C=C\C/C=C\CC(=O)OCC(COP(=O)(O)OCC(O)COP(=O)(O)OCC(COC(=O)CCCCCCCCCCCCCCC)OC(=O)CCCCCCC/C=C\CCCC)OC(=O)CCCCCCC/C=C\C/C=C\CCCCC. The zero-order valence-corrected chi connectivity index (χ0v) is 60.7. The monoisotopic (exact) mass is 1360 g/mol. The van der Waals surface area contributed by atoms with E-state index in [9.17, 15) is 43.2 Å². The second-order valence-electron chi connectivity index (χ2n) is 24.2. The number of hydrogen-bond donors (Lipinski definition) is 3. The van der Waals surface area contributed by atoms with Crippen molar-refractivity contribution >= 4 is 39.5 Å². The number of phosphoric acid groups is 2. The van der Waals surface area contributed by atoms with E-state index >= 15 is 0 Å². The number of carbonyl (C=O) groups excluding carboxylic acids is 4. The van der Waals surface area contributed by atoms with Crippen LogP contribution in [0.5, 0.6) is 0 Å². The molecule has 0 saturated heterocycles. The molecule has 0 spiro atoms. The highest BCUT2D eigenvalue weighted by molar-refractivity contribution is 7.47. The molecule has 0 aromatic carbocycles. The lowest BCUT2D eigenvalue weighted by molar-refractivity contribution is -0.161. The quantitative estimate of drug-likeness (QED) is 0.0169. The molecule has 0 amide bonds. The van der Waals surface area contributed by atoms with Gasteiger partial charge in [-0.2, -0.15) is 0 Å². The van der Waals surface area contributed by atoms with Gasteiger partial charge >= 0.3 is 39.5 Å². The third kappa shape index (κ3) is 66.6. The molecule has 0 rings (SSSR count). The smallest absolute Gasteiger partial charge is 0.462 e. The maximum Gasteiger partial charge on any atom is 0.472 e. The fourth-order valence-corrected chi connectivity index (χ4v) is 11.1. The highest BCUT2D eigenvalue weighted by Crippen LogP contribution is 2.45. The molecule has 3 N–H and O–H groups in total. The summed E-state index contributed by atoms with van der Waals surface area (Å²) in [6.45, 7) is 4.55. The van der Waals surface area contributed by atoms with Crippen LogP contribution in [0.1, 0.15) is 297 Å². The van der Waals surface area contributed by atoms with E-state index in [-0.39, 0.29) is 25.7 Å². The summed E-state index contributed by atoms with van der Waals surface area (Å²) >= 11 is 0. The molecule has 0 fully saturated rings. The molecule has 0 bridgehead atoms. The third-order valence-electron chi connectivity index (χ3n) is 15.1. The Bertz CT molecular complexity index is 2170. The summed E-state index contributed by atoms with van der Waals surface area (Å²) in [7, 11) is -9.96. The van der Waals surface area contributed by atoms with Crippen LogP contribution >= 0.6 is 15.6 Å². The van der Waals surface area contributed by atoms with Crippen molar-refractivity contribution < 1.29 is 80.2 Å². The minimum Gasteiger partial charge on any atom is -0.462 e. The van der Waals surface area contributed by atoms with Gasteiger partial charge in [0, 0.05) is 19.3 Å². The predicted molar refractivity (Wildman–Crippen MR) is 381 cm³/mol. The molecule has 542 valence electrons. The first kappa shape index (κ1) is 90.0. The Morgan fingerprint density at radius 1 is 0.319 bits per heavy atom. The fourth-order valence-electron chi connectivity index (χ4n) is 9.48. The number of carbonyl (C=O) groups is 4. The second-order valence-corrected chi connectivity index (χ2v) is 27.1. The molecule has 0 aromatic heterocycles. The fraction of sp³-hybridized carbons (Fsp3) is 0.733. The molecule has 19 heteroatoms. The third-order valence-corrected chi connectivity index (χ3v) is 17.0. The van der Waals surface area contributed by atoms with Gasteiger partial charge in [0.25, 0.3) is 0 Å². The number of esters is 4. The van der Waals surface area contributed by atoms with E-state index in [1.807, 2.05) is 18.2 Å². The predicted octanol–water partition coefficient (Wildman–Crippen LogP) is 20.4. The molecule has 5 unspecified atom stereocenters. The van der Waals surface area contributed by atoms with Crippen LogP contribution in [-0.4, -0.2) is 96.7 Å². The number of unbranched alkanes of at least 4 members (excludes halogenated alkanes) is 27. The summed E-state index contributed by atoms with van der Waals surface area (Å²) in [4.78, 5) is 72.6. The van der Waals surface area contributed by atoms with Gasteiger partial charge in [0.15, 0.2) is 12.2 Å². The van der Waals surface area contributed by atoms with Crippen molar-refractivity contribution in [1.82, 2.24) is 0 Å². The lowest BCUT2D eigenvalue weighted by Gasteiger charge is -2.21. The number of phosphoric ester groups is 2. The van der Waals surface area contributed by atoms with E-state index in [0.717, 1.165) is 128 Å². The lowest BCUT2D eigenvalue weighted by atomic mass is 10.0. The summed E-state index contributed by atoms with van der Waals surface area (Å²) in [5.74, 6) is -2.34. The Morgan fingerprint density at radius 2 is 0.606 bits per heavy atom. The average molecular weight is 1370 g/mol. The molecule has 0 radical (unpaired) electrons. The van der Waals surface area contributed by atoms with Gasteiger partial charge in [-0.1, -0.05) is 266 Å². The normalized spacial score (nSPS) is 14.6. The number of hydrogen-bond acceptors (Lipinski definition) is 15. The molecule has 0 aliphatic carbocycles. The molecule has 5 atom stereocenters.